The number of nitrogens with zero attached hydrogens (tertiary/aromatic N) is 3. The summed E-state index contributed by atoms with van der Waals surface area (Å²) in [4.78, 5) is 15.5. The SMILES string of the molecule is CCN1/C(=C\C=c2/s/c(=C\c3sc4ccccc4[n+]3CC)n(CC)c2=O)C=Cc2ccccc21. The van der Waals surface area contributed by atoms with Crippen LogP contribution in [0.3, 0.4) is 0 Å². The summed E-state index contributed by atoms with van der Waals surface area (Å²) >= 11 is 3.33. The molecule has 4 aromatic rings. The van der Waals surface area contributed by atoms with Crippen molar-refractivity contribution < 1.29 is 4.57 Å². The van der Waals surface area contributed by atoms with Gasteiger partial charge in [0.1, 0.15) is 15.9 Å². The minimum Gasteiger partial charge on any atom is -0.341 e. The minimum absolute atomic E-state index is 0.0722. The van der Waals surface area contributed by atoms with Crippen LogP contribution in [0.25, 0.3) is 28.4 Å². The first kappa shape index (κ1) is 22.6. The van der Waals surface area contributed by atoms with E-state index in [2.05, 4.69) is 96.1 Å². The Morgan fingerprint density at radius 2 is 1.71 bits per heavy atom. The second kappa shape index (κ2) is 9.57. The van der Waals surface area contributed by atoms with Crippen molar-refractivity contribution in [1.29, 1.82) is 0 Å². The maximum absolute atomic E-state index is 13.2. The summed E-state index contributed by atoms with van der Waals surface area (Å²) in [6.45, 7) is 8.76. The molecule has 0 atom stereocenters. The molecule has 4 nitrogen and oxygen atoms in total. The first-order valence-electron chi connectivity index (χ1n) is 11.7. The Labute approximate surface area is 207 Å². The van der Waals surface area contributed by atoms with Crippen LogP contribution in [0.4, 0.5) is 5.69 Å². The molecule has 2 aromatic carbocycles. The number of likely N-dealkylation sites (N-methyl/N-ethyl adjacent to an activating group) is 1. The summed E-state index contributed by atoms with van der Waals surface area (Å²) < 4.78 is 7.20. The van der Waals surface area contributed by atoms with Gasteiger partial charge in [-0.3, -0.25) is 9.36 Å². The number of hydrogen-bond donors (Lipinski definition) is 0. The molecule has 0 fully saturated rings. The summed E-state index contributed by atoms with van der Waals surface area (Å²) in [5.74, 6) is 0. The van der Waals surface area contributed by atoms with E-state index >= 15 is 0 Å². The van der Waals surface area contributed by atoms with E-state index in [4.69, 9.17) is 0 Å². The maximum Gasteiger partial charge on any atom is 0.269 e. The van der Waals surface area contributed by atoms with E-state index in [1.807, 2.05) is 17.6 Å². The van der Waals surface area contributed by atoms with Crippen molar-refractivity contribution in [2.24, 2.45) is 0 Å². The average Bonchev–Trinajstić information content (AvgIpc) is 3.37. The predicted octanol–water partition coefficient (Wildman–Crippen LogP) is 4.50. The summed E-state index contributed by atoms with van der Waals surface area (Å²) in [6, 6.07) is 16.9. The molecule has 172 valence electrons. The van der Waals surface area contributed by atoms with Crippen molar-refractivity contribution in [3.8, 4) is 0 Å². The number of rotatable bonds is 5. The third-order valence-electron chi connectivity index (χ3n) is 6.15. The number of aromatic nitrogens is 2. The molecule has 3 heterocycles. The molecular formula is C28H28N3OS2+. The highest BCUT2D eigenvalue weighted by atomic mass is 32.1. The quantitative estimate of drug-likeness (QED) is 0.389. The lowest BCUT2D eigenvalue weighted by Crippen LogP contribution is -2.35. The highest BCUT2D eigenvalue weighted by Crippen LogP contribution is 2.30. The van der Waals surface area contributed by atoms with E-state index in [1.54, 1.807) is 22.7 Å². The van der Waals surface area contributed by atoms with E-state index in [1.165, 1.54) is 26.5 Å². The highest BCUT2D eigenvalue weighted by Gasteiger charge is 2.18. The van der Waals surface area contributed by atoms with Crippen LogP contribution in [0.5, 0.6) is 0 Å². The standard InChI is InChI=1S/C28H28N3OS2/c1-4-29-21(16-15-20-11-7-8-12-22(20)29)17-18-25-28(32)31(6-3)27(34-25)19-26-30(5-2)23-13-9-10-14-24(23)33-26/h7-19H,4-6H2,1-3H3/q+1/b21-17-,25-18-. The summed E-state index contributed by atoms with van der Waals surface area (Å²) in [5.41, 5.74) is 4.82. The van der Waals surface area contributed by atoms with Crippen LogP contribution in [0, 0.1) is 0 Å². The van der Waals surface area contributed by atoms with Crippen molar-refractivity contribution in [1.82, 2.24) is 4.57 Å². The van der Waals surface area contributed by atoms with Gasteiger partial charge in [-0.25, -0.2) is 0 Å². The fourth-order valence-electron chi connectivity index (χ4n) is 4.49. The Hall–Kier alpha value is -3.22. The molecule has 34 heavy (non-hydrogen) atoms. The Bertz CT molecular complexity index is 1600. The van der Waals surface area contributed by atoms with Gasteiger partial charge in [-0.1, -0.05) is 47.7 Å². The Morgan fingerprint density at radius 3 is 2.50 bits per heavy atom. The Kier molecular flexibility index (Phi) is 6.35. The monoisotopic (exact) mass is 486 g/mol. The van der Waals surface area contributed by atoms with Gasteiger partial charge >= 0.3 is 0 Å². The zero-order valence-electron chi connectivity index (χ0n) is 19.7. The molecule has 0 amide bonds. The van der Waals surface area contributed by atoms with E-state index in [9.17, 15) is 4.79 Å². The largest absolute Gasteiger partial charge is 0.341 e. The van der Waals surface area contributed by atoms with Crippen LogP contribution in [-0.4, -0.2) is 11.1 Å². The zero-order valence-corrected chi connectivity index (χ0v) is 21.3. The third-order valence-corrected chi connectivity index (χ3v) is 8.34. The van der Waals surface area contributed by atoms with E-state index in [0.717, 1.165) is 28.0 Å². The Morgan fingerprint density at radius 1 is 0.912 bits per heavy atom. The molecule has 0 spiro atoms. The van der Waals surface area contributed by atoms with Gasteiger partial charge in [0.2, 0.25) is 5.52 Å². The van der Waals surface area contributed by atoms with Crippen molar-refractivity contribution in [2.45, 2.75) is 33.9 Å². The van der Waals surface area contributed by atoms with Gasteiger partial charge in [-0.05, 0) is 56.7 Å². The maximum atomic E-state index is 13.2. The molecule has 0 aliphatic carbocycles. The number of hydrogen-bond acceptors (Lipinski definition) is 4. The van der Waals surface area contributed by atoms with E-state index in [-0.39, 0.29) is 5.56 Å². The summed E-state index contributed by atoms with van der Waals surface area (Å²) in [6.07, 6.45) is 10.5. The molecule has 5 rings (SSSR count). The first-order chi connectivity index (χ1) is 16.6. The number of thiazole rings is 2. The number of benzene rings is 2. The number of aryl methyl sites for hydroxylation is 1. The molecule has 0 bridgehead atoms. The minimum atomic E-state index is 0.0722. The molecule has 6 heteroatoms. The average molecular weight is 487 g/mol. The van der Waals surface area contributed by atoms with Crippen LogP contribution in [0.1, 0.15) is 31.3 Å². The first-order valence-corrected chi connectivity index (χ1v) is 13.4. The molecule has 0 saturated heterocycles. The number of anilines is 1. The summed E-state index contributed by atoms with van der Waals surface area (Å²) in [7, 11) is 0. The molecule has 2 aromatic heterocycles. The molecule has 0 saturated carbocycles. The fraction of sp³-hybridized carbons (Fsp3) is 0.214. The second-order valence-corrected chi connectivity index (χ2v) is 10.2. The molecule has 0 N–H and O–H groups in total. The highest BCUT2D eigenvalue weighted by molar-refractivity contribution is 7.19. The van der Waals surface area contributed by atoms with Crippen LogP contribution in [0.15, 0.2) is 71.2 Å². The van der Waals surface area contributed by atoms with Crippen molar-refractivity contribution in [2.75, 3.05) is 11.4 Å². The molecular weight excluding hydrogens is 458 g/mol. The van der Waals surface area contributed by atoms with Gasteiger partial charge in [0.15, 0.2) is 0 Å². The third kappa shape index (κ3) is 3.97. The van der Waals surface area contributed by atoms with E-state index < -0.39 is 0 Å². The smallest absolute Gasteiger partial charge is 0.269 e. The van der Waals surface area contributed by atoms with Crippen LogP contribution in [-0.2, 0) is 13.1 Å². The predicted molar refractivity (Wildman–Crippen MR) is 146 cm³/mol. The normalized spacial score (nSPS) is 15.6. The lowest BCUT2D eigenvalue weighted by atomic mass is 10.1. The number of para-hydroxylation sites is 2. The second-order valence-electron chi connectivity index (χ2n) is 8.05. The van der Waals surface area contributed by atoms with Crippen LogP contribution < -0.4 is 24.2 Å². The molecule has 0 radical (unpaired) electrons. The van der Waals surface area contributed by atoms with Gasteiger partial charge in [-0.15, -0.1) is 11.3 Å². The van der Waals surface area contributed by atoms with Gasteiger partial charge in [0, 0.05) is 30.5 Å². The van der Waals surface area contributed by atoms with Gasteiger partial charge < -0.3 is 4.90 Å². The lowest BCUT2D eigenvalue weighted by molar-refractivity contribution is -0.665. The van der Waals surface area contributed by atoms with Gasteiger partial charge in [0.25, 0.3) is 10.6 Å². The van der Waals surface area contributed by atoms with Crippen molar-refractivity contribution >= 4 is 56.8 Å². The fourth-order valence-corrected chi connectivity index (χ4v) is 6.78. The Balaban J connectivity index is 1.61. The topological polar surface area (TPSA) is 29.1 Å². The number of fused-ring (bicyclic) bond motifs is 2. The van der Waals surface area contributed by atoms with E-state index in [0.29, 0.717) is 6.54 Å². The van der Waals surface area contributed by atoms with Gasteiger partial charge in [-0.2, -0.15) is 4.57 Å². The summed E-state index contributed by atoms with van der Waals surface area (Å²) in [5, 5.41) is 1.17. The van der Waals surface area contributed by atoms with Crippen LogP contribution in [0.2, 0.25) is 0 Å². The van der Waals surface area contributed by atoms with Gasteiger partial charge in [0.05, 0.1) is 10.6 Å². The van der Waals surface area contributed by atoms with Crippen LogP contribution >= 0.6 is 22.7 Å². The number of allylic oxidation sites excluding steroid dienone is 2. The van der Waals surface area contributed by atoms with Crippen molar-refractivity contribution in [3.05, 3.63) is 96.5 Å². The zero-order chi connectivity index (χ0) is 23.7. The molecule has 1 aliphatic heterocycles. The molecule has 0 unspecified atom stereocenters. The van der Waals surface area contributed by atoms with Crippen molar-refractivity contribution in [3.63, 3.8) is 0 Å². The molecule has 1 aliphatic rings. The lowest BCUT2D eigenvalue weighted by Gasteiger charge is -2.29.